The maximum absolute atomic E-state index is 12.8. The average molecular weight is 426 g/mol. The van der Waals surface area contributed by atoms with E-state index in [1.807, 2.05) is 23.1 Å². The number of amides is 1. The summed E-state index contributed by atoms with van der Waals surface area (Å²) in [6.45, 7) is 3.07. The Labute approximate surface area is 178 Å². The first kappa shape index (κ1) is 18.9. The molecule has 3 heterocycles. The number of thioether (sulfide) groups is 1. The molecular formula is C22H23N3O2S2. The molecule has 1 aromatic carbocycles. The lowest BCUT2D eigenvalue weighted by Crippen LogP contribution is -2.36. The summed E-state index contributed by atoms with van der Waals surface area (Å²) in [5, 5.41) is 8.84. The van der Waals surface area contributed by atoms with E-state index >= 15 is 0 Å². The number of carbonyl (C=O) groups is 1. The minimum atomic E-state index is 0.0856. The van der Waals surface area contributed by atoms with Crippen LogP contribution >= 0.6 is 23.1 Å². The van der Waals surface area contributed by atoms with E-state index in [9.17, 15) is 4.79 Å². The molecule has 0 unspecified atom stereocenters. The molecule has 1 atom stereocenters. The molecule has 1 amide bonds. The van der Waals surface area contributed by atoms with Gasteiger partial charge in [0.05, 0.1) is 10.6 Å². The monoisotopic (exact) mass is 425 g/mol. The highest BCUT2D eigenvalue weighted by molar-refractivity contribution is 7.99. The van der Waals surface area contributed by atoms with Gasteiger partial charge in [0.1, 0.15) is 0 Å². The molecule has 7 heteroatoms. The summed E-state index contributed by atoms with van der Waals surface area (Å²) in [5.74, 6) is 1.69. The Hall–Kier alpha value is -2.12. The third-order valence-electron chi connectivity index (χ3n) is 5.68. The van der Waals surface area contributed by atoms with E-state index in [2.05, 4.69) is 29.3 Å². The lowest BCUT2D eigenvalue weighted by molar-refractivity contribution is -0.116. The minimum Gasteiger partial charge on any atom is -0.410 e. The van der Waals surface area contributed by atoms with Crippen molar-refractivity contribution in [2.45, 2.75) is 44.3 Å². The Morgan fingerprint density at radius 2 is 2.17 bits per heavy atom. The summed E-state index contributed by atoms with van der Waals surface area (Å²) < 4.78 is 5.86. The van der Waals surface area contributed by atoms with Gasteiger partial charge in [-0.1, -0.05) is 36.9 Å². The fourth-order valence-corrected chi connectivity index (χ4v) is 5.94. The second-order valence-corrected chi connectivity index (χ2v) is 9.91. The van der Waals surface area contributed by atoms with Gasteiger partial charge in [-0.15, -0.1) is 21.5 Å². The number of aryl methyl sites for hydroxylation is 2. The molecule has 5 rings (SSSR count). The van der Waals surface area contributed by atoms with E-state index in [0.29, 0.717) is 16.9 Å². The van der Waals surface area contributed by atoms with Gasteiger partial charge >= 0.3 is 0 Å². The first-order valence-electron chi connectivity index (χ1n) is 10.1. The molecule has 150 valence electrons. The number of benzene rings is 1. The first-order valence-corrected chi connectivity index (χ1v) is 11.9. The Morgan fingerprint density at radius 1 is 1.28 bits per heavy atom. The van der Waals surface area contributed by atoms with Gasteiger partial charge in [0, 0.05) is 17.1 Å². The summed E-state index contributed by atoms with van der Waals surface area (Å²) in [7, 11) is 0. The number of aromatic nitrogens is 2. The number of fused-ring (bicyclic) bond motifs is 2. The van der Waals surface area contributed by atoms with Crippen LogP contribution in [-0.4, -0.2) is 28.4 Å². The number of hydrogen-bond donors (Lipinski definition) is 0. The SMILES string of the molecule is C[C@H]1CCc2sc(-c3nnc(SCC(=O)N4CCCc5ccccc54)o3)cc2C1. The molecule has 3 aromatic rings. The van der Waals surface area contributed by atoms with Gasteiger partial charge in [-0.05, 0) is 61.3 Å². The predicted molar refractivity (Wildman–Crippen MR) is 117 cm³/mol. The van der Waals surface area contributed by atoms with Crippen LogP contribution in [-0.2, 0) is 24.1 Å². The molecule has 2 aromatic heterocycles. The van der Waals surface area contributed by atoms with Crippen LogP contribution in [0.15, 0.2) is 40.0 Å². The molecule has 2 aliphatic rings. The number of nitrogens with zero attached hydrogens (tertiary/aromatic N) is 3. The summed E-state index contributed by atoms with van der Waals surface area (Å²) >= 11 is 3.08. The maximum atomic E-state index is 12.8. The zero-order valence-corrected chi connectivity index (χ0v) is 18.0. The van der Waals surface area contributed by atoms with E-state index in [0.717, 1.165) is 48.7 Å². The lowest BCUT2D eigenvalue weighted by Gasteiger charge is -2.29. The highest BCUT2D eigenvalue weighted by atomic mass is 32.2. The lowest BCUT2D eigenvalue weighted by atomic mass is 9.90. The molecule has 29 heavy (non-hydrogen) atoms. The summed E-state index contributed by atoms with van der Waals surface area (Å²) in [4.78, 5) is 17.2. The zero-order valence-electron chi connectivity index (χ0n) is 16.4. The van der Waals surface area contributed by atoms with Crippen LogP contribution in [0.25, 0.3) is 10.8 Å². The normalized spacial score (nSPS) is 18.4. The number of carbonyl (C=O) groups excluding carboxylic acids is 1. The second kappa shape index (κ2) is 7.95. The summed E-state index contributed by atoms with van der Waals surface area (Å²) in [6.07, 6.45) is 5.55. The topological polar surface area (TPSA) is 59.2 Å². The summed E-state index contributed by atoms with van der Waals surface area (Å²) in [6, 6.07) is 10.4. The molecule has 5 nitrogen and oxygen atoms in total. The average Bonchev–Trinajstić information content (AvgIpc) is 3.38. The molecule has 0 spiro atoms. The zero-order chi connectivity index (χ0) is 19.8. The predicted octanol–water partition coefficient (Wildman–Crippen LogP) is 4.99. The Morgan fingerprint density at radius 3 is 3.10 bits per heavy atom. The maximum Gasteiger partial charge on any atom is 0.277 e. The number of rotatable bonds is 4. The van der Waals surface area contributed by atoms with Crippen molar-refractivity contribution >= 4 is 34.7 Å². The molecule has 1 aliphatic carbocycles. The van der Waals surface area contributed by atoms with Crippen molar-refractivity contribution in [1.29, 1.82) is 0 Å². The Bertz CT molecular complexity index is 1040. The molecule has 1 aliphatic heterocycles. The third kappa shape index (κ3) is 3.85. The second-order valence-electron chi connectivity index (χ2n) is 7.85. The van der Waals surface area contributed by atoms with Gasteiger partial charge in [-0.25, -0.2) is 0 Å². The van der Waals surface area contributed by atoms with E-state index in [1.165, 1.54) is 34.2 Å². The van der Waals surface area contributed by atoms with E-state index in [1.54, 1.807) is 11.3 Å². The van der Waals surface area contributed by atoms with Crippen LogP contribution in [0.3, 0.4) is 0 Å². The van der Waals surface area contributed by atoms with Crippen molar-refractivity contribution in [2.75, 3.05) is 17.2 Å². The number of thiophene rings is 1. The number of para-hydroxylation sites is 1. The molecule has 0 radical (unpaired) electrons. The summed E-state index contributed by atoms with van der Waals surface area (Å²) in [5.41, 5.74) is 3.71. The van der Waals surface area contributed by atoms with E-state index in [4.69, 9.17) is 4.42 Å². The van der Waals surface area contributed by atoms with Crippen LogP contribution in [0.4, 0.5) is 5.69 Å². The molecule has 0 fully saturated rings. The van der Waals surface area contributed by atoms with Crippen LogP contribution in [0, 0.1) is 5.92 Å². The first-order chi connectivity index (χ1) is 14.2. The van der Waals surface area contributed by atoms with Gasteiger partial charge in [0.2, 0.25) is 5.91 Å². The van der Waals surface area contributed by atoms with Gasteiger partial charge < -0.3 is 9.32 Å². The van der Waals surface area contributed by atoms with Crippen LogP contribution in [0.2, 0.25) is 0 Å². The highest BCUT2D eigenvalue weighted by Gasteiger charge is 2.24. The van der Waals surface area contributed by atoms with Crippen LogP contribution in [0.1, 0.15) is 35.8 Å². The van der Waals surface area contributed by atoms with Gasteiger partial charge in [0.15, 0.2) is 0 Å². The van der Waals surface area contributed by atoms with Crippen molar-refractivity contribution in [3.63, 3.8) is 0 Å². The molecule has 0 N–H and O–H groups in total. The molecule has 0 saturated heterocycles. The van der Waals surface area contributed by atoms with Crippen molar-refractivity contribution < 1.29 is 9.21 Å². The highest BCUT2D eigenvalue weighted by Crippen LogP contribution is 2.37. The molecule has 0 saturated carbocycles. The van der Waals surface area contributed by atoms with Gasteiger partial charge in [-0.3, -0.25) is 4.79 Å². The Balaban J connectivity index is 1.25. The van der Waals surface area contributed by atoms with Gasteiger partial charge in [-0.2, -0.15) is 0 Å². The number of anilines is 1. The van der Waals surface area contributed by atoms with Crippen LogP contribution in [0.5, 0.6) is 0 Å². The third-order valence-corrected chi connectivity index (χ3v) is 7.71. The minimum absolute atomic E-state index is 0.0856. The smallest absolute Gasteiger partial charge is 0.277 e. The van der Waals surface area contributed by atoms with Crippen LogP contribution < -0.4 is 4.90 Å². The van der Waals surface area contributed by atoms with Crippen molar-refractivity contribution in [3.05, 3.63) is 46.3 Å². The fourth-order valence-electron chi connectivity index (χ4n) is 4.17. The molecule has 0 bridgehead atoms. The van der Waals surface area contributed by atoms with E-state index in [-0.39, 0.29) is 5.91 Å². The van der Waals surface area contributed by atoms with Crippen molar-refractivity contribution in [3.8, 4) is 10.8 Å². The van der Waals surface area contributed by atoms with Crippen molar-refractivity contribution in [1.82, 2.24) is 10.2 Å². The number of hydrogen-bond acceptors (Lipinski definition) is 6. The largest absolute Gasteiger partial charge is 0.410 e. The standard InChI is InChI=1S/C22H23N3O2S2/c1-14-8-9-18-16(11-14)12-19(29-18)21-23-24-22(27-21)28-13-20(26)25-10-4-6-15-5-2-3-7-17(15)25/h2-3,5,7,12,14H,4,6,8-11,13H2,1H3/t14-/m0/s1. The van der Waals surface area contributed by atoms with Crippen molar-refractivity contribution in [2.24, 2.45) is 5.92 Å². The Kier molecular flexibility index (Phi) is 5.18. The van der Waals surface area contributed by atoms with E-state index < -0.39 is 0 Å². The van der Waals surface area contributed by atoms with Gasteiger partial charge in [0.25, 0.3) is 11.1 Å². The quantitative estimate of drug-likeness (QED) is 0.551. The fraction of sp³-hybridized carbons (Fsp3) is 0.409. The molecular weight excluding hydrogens is 402 g/mol.